The molecule has 21 heavy (non-hydrogen) atoms. The molecule has 0 unspecified atom stereocenters. The molecule has 110 valence electrons. The number of aryl methyl sites for hydroxylation is 1. The molecular formula is C13H12ClN3O4. The third kappa shape index (κ3) is 2.82. The molecule has 0 fully saturated rings. The number of phenolic OH excluding ortho intramolecular Hbond substituents is 1. The number of halogens is 1. The zero-order valence-electron chi connectivity index (χ0n) is 11.3. The van der Waals surface area contributed by atoms with Gasteiger partial charge in [0, 0.05) is 25.3 Å². The fourth-order valence-corrected chi connectivity index (χ4v) is 1.93. The highest BCUT2D eigenvalue weighted by Gasteiger charge is 2.16. The summed E-state index contributed by atoms with van der Waals surface area (Å²) in [6.45, 7) is 0. The minimum absolute atomic E-state index is 0.0726. The predicted molar refractivity (Wildman–Crippen MR) is 78.0 cm³/mol. The summed E-state index contributed by atoms with van der Waals surface area (Å²) in [6, 6.07) is 4.12. The van der Waals surface area contributed by atoms with Crippen LogP contribution in [0.25, 0.3) is 0 Å². The standard InChI is InChI=1S/C13H12ClN3O4/c1-16-6-8(12(20)17(2)13(16)21)11(19)15-9-5-7(14)3-4-10(9)18/h3-6,18H,1-2H3,(H,15,19). The number of nitrogens with one attached hydrogen (secondary N) is 1. The molecule has 1 aromatic carbocycles. The van der Waals surface area contributed by atoms with Crippen molar-refractivity contribution in [3.05, 3.63) is 55.8 Å². The monoisotopic (exact) mass is 309 g/mol. The molecule has 0 saturated heterocycles. The van der Waals surface area contributed by atoms with Crippen LogP contribution in [0, 0.1) is 0 Å². The molecule has 0 spiro atoms. The summed E-state index contributed by atoms with van der Waals surface area (Å²) in [5, 5.41) is 12.3. The Bertz CT molecular complexity index is 838. The zero-order chi connectivity index (χ0) is 15.7. The second-order valence-corrected chi connectivity index (χ2v) is 4.85. The summed E-state index contributed by atoms with van der Waals surface area (Å²) in [4.78, 5) is 35.6. The van der Waals surface area contributed by atoms with E-state index >= 15 is 0 Å². The van der Waals surface area contributed by atoms with Crippen molar-refractivity contribution in [2.24, 2.45) is 14.1 Å². The van der Waals surface area contributed by atoms with E-state index in [-0.39, 0.29) is 17.0 Å². The summed E-state index contributed by atoms with van der Waals surface area (Å²) in [6.07, 6.45) is 1.14. The molecule has 0 aliphatic heterocycles. The predicted octanol–water partition coefficient (Wildman–Crippen LogP) is 0.695. The molecule has 0 aliphatic rings. The van der Waals surface area contributed by atoms with Crippen LogP contribution in [-0.4, -0.2) is 20.1 Å². The number of aromatic hydroxyl groups is 1. The highest BCUT2D eigenvalue weighted by Crippen LogP contribution is 2.26. The molecule has 0 bridgehead atoms. The average Bonchev–Trinajstić information content (AvgIpc) is 2.44. The number of amides is 1. The highest BCUT2D eigenvalue weighted by molar-refractivity contribution is 6.31. The summed E-state index contributed by atoms with van der Waals surface area (Å²) in [5.74, 6) is -0.932. The van der Waals surface area contributed by atoms with Crippen LogP contribution in [0.2, 0.25) is 5.02 Å². The molecule has 2 aromatic rings. The number of carbonyl (C=O) groups excluding carboxylic acids is 1. The van der Waals surface area contributed by atoms with E-state index in [0.29, 0.717) is 5.02 Å². The van der Waals surface area contributed by atoms with Crippen molar-refractivity contribution in [1.29, 1.82) is 0 Å². The van der Waals surface area contributed by atoms with Crippen LogP contribution in [0.15, 0.2) is 34.0 Å². The van der Waals surface area contributed by atoms with Gasteiger partial charge >= 0.3 is 5.69 Å². The van der Waals surface area contributed by atoms with Gasteiger partial charge in [-0.15, -0.1) is 0 Å². The fourth-order valence-electron chi connectivity index (χ4n) is 1.76. The van der Waals surface area contributed by atoms with Crippen LogP contribution >= 0.6 is 11.6 Å². The summed E-state index contributed by atoms with van der Waals surface area (Å²) >= 11 is 5.78. The molecule has 0 radical (unpaired) electrons. The highest BCUT2D eigenvalue weighted by atomic mass is 35.5. The number of hydrogen-bond acceptors (Lipinski definition) is 4. The van der Waals surface area contributed by atoms with E-state index in [9.17, 15) is 19.5 Å². The van der Waals surface area contributed by atoms with Gasteiger partial charge in [-0.3, -0.25) is 14.2 Å². The molecule has 0 aliphatic carbocycles. The Hall–Kier alpha value is -2.54. The van der Waals surface area contributed by atoms with Crippen molar-refractivity contribution in [3.63, 3.8) is 0 Å². The number of benzene rings is 1. The molecular weight excluding hydrogens is 298 g/mol. The molecule has 1 aromatic heterocycles. The molecule has 2 rings (SSSR count). The van der Waals surface area contributed by atoms with Crippen LogP contribution in [0.5, 0.6) is 5.75 Å². The zero-order valence-corrected chi connectivity index (χ0v) is 12.0. The van der Waals surface area contributed by atoms with E-state index in [1.807, 2.05) is 0 Å². The van der Waals surface area contributed by atoms with Gasteiger partial charge in [-0.25, -0.2) is 4.79 Å². The van der Waals surface area contributed by atoms with Gasteiger partial charge in [-0.05, 0) is 18.2 Å². The fraction of sp³-hybridized carbons (Fsp3) is 0.154. The Labute approximate surface area is 124 Å². The Morgan fingerprint density at radius 1 is 1.29 bits per heavy atom. The maximum Gasteiger partial charge on any atom is 0.330 e. The first-order valence-corrected chi connectivity index (χ1v) is 6.25. The Kier molecular flexibility index (Phi) is 3.86. The lowest BCUT2D eigenvalue weighted by atomic mass is 10.2. The third-order valence-electron chi connectivity index (χ3n) is 2.90. The summed E-state index contributed by atoms with van der Waals surface area (Å²) < 4.78 is 1.95. The molecule has 0 saturated carbocycles. The molecule has 1 amide bonds. The number of rotatable bonds is 2. The Morgan fingerprint density at radius 3 is 2.62 bits per heavy atom. The van der Waals surface area contributed by atoms with Crippen molar-refractivity contribution in [2.45, 2.75) is 0 Å². The van der Waals surface area contributed by atoms with E-state index in [0.717, 1.165) is 15.3 Å². The molecule has 0 atom stereocenters. The third-order valence-corrected chi connectivity index (χ3v) is 3.13. The molecule has 7 nitrogen and oxygen atoms in total. The lowest BCUT2D eigenvalue weighted by molar-refractivity contribution is 0.102. The first-order chi connectivity index (χ1) is 9.81. The van der Waals surface area contributed by atoms with Crippen molar-refractivity contribution >= 4 is 23.2 Å². The summed E-state index contributed by atoms with van der Waals surface area (Å²) in [7, 11) is 2.70. The second kappa shape index (κ2) is 5.45. The lowest BCUT2D eigenvalue weighted by Gasteiger charge is -2.09. The molecule has 1 heterocycles. The van der Waals surface area contributed by atoms with Crippen molar-refractivity contribution in [3.8, 4) is 5.75 Å². The number of phenols is 1. The normalized spacial score (nSPS) is 10.4. The topological polar surface area (TPSA) is 93.3 Å². The quantitative estimate of drug-likeness (QED) is 0.798. The van der Waals surface area contributed by atoms with Gasteiger partial charge in [0.05, 0.1) is 5.69 Å². The van der Waals surface area contributed by atoms with Gasteiger partial charge in [0.1, 0.15) is 11.3 Å². The van der Waals surface area contributed by atoms with Gasteiger partial charge in [0.15, 0.2) is 0 Å². The average molecular weight is 310 g/mol. The number of carbonyl (C=O) groups is 1. The van der Waals surface area contributed by atoms with Crippen LogP contribution < -0.4 is 16.6 Å². The number of hydrogen-bond donors (Lipinski definition) is 2. The second-order valence-electron chi connectivity index (χ2n) is 4.42. The smallest absolute Gasteiger partial charge is 0.330 e. The maximum atomic E-state index is 12.1. The Morgan fingerprint density at radius 2 is 1.95 bits per heavy atom. The minimum Gasteiger partial charge on any atom is -0.506 e. The lowest BCUT2D eigenvalue weighted by Crippen LogP contribution is -2.40. The SMILES string of the molecule is Cn1cc(C(=O)Nc2cc(Cl)ccc2O)c(=O)n(C)c1=O. The first kappa shape index (κ1) is 14.9. The minimum atomic E-state index is -0.747. The van der Waals surface area contributed by atoms with Gasteiger partial charge in [0.2, 0.25) is 0 Å². The van der Waals surface area contributed by atoms with Gasteiger partial charge in [-0.1, -0.05) is 11.6 Å². The van der Waals surface area contributed by atoms with E-state index in [4.69, 9.17) is 11.6 Å². The van der Waals surface area contributed by atoms with E-state index in [2.05, 4.69) is 5.32 Å². The maximum absolute atomic E-state index is 12.1. The number of aromatic nitrogens is 2. The van der Waals surface area contributed by atoms with Crippen molar-refractivity contribution in [1.82, 2.24) is 9.13 Å². The van der Waals surface area contributed by atoms with Crippen molar-refractivity contribution < 1.29 is 9.90 Å². The molecule has 8 heteroatoms. The van der Waals surface area contributed by atoms with Crippen LogP contribution in [0.1, 0.15) is 10.4 Å². The van der Waals surface area contributed by atoms with E-state index in [1.165, 1.54) is 32.3 Å². The first-order valence-electron chi connectivity index (χ1n) is 5.88. The summed E-state index contributed by atoms with van der Waals surface area (Å²) in [5.41, 5.74) is -1.42. The van der Waals surface area contributed by atoms with Crippen LogP contribution in [-0.2, 0) is 14.1 Å². The number of nitrogens with zero attached hydrogens (tertiary/aromatic N) is 2. The van der Waals surface area contributed by atoms with Crippen LogP contribution in [0.3, 0.4) is 0 Å². The van der Waals surface area contributed by atoms with Gasteiger partial charge < -0.3 is 15.0 Å². The Balaban J connectivity index is 2.44. The number of anilines is 1. The van der Waals surface area contributed by atoms with Gasteiger partial charge in [0.25, 0.3) is 11.5 Å². The largest absolute Gasteiger partial charge is 0.506 e. The van der Waals surface area contributed by atoms with Crippen LogP contribution in [0.4, 0.5) is 5.69 Å². The van der Waals surface area contributed by atoms with E-state index in [1.54, 1.807) is 0 Å². The molecule has 2 N–H and O–H groups in total. The van der Waals surface area contributed by atoms with Gasteiger partial charge in [-0.2, -0.15) is 0 Å². The van der Waals surface area contributed by atoms with E-state index < -0.39 is 17.2 Å². The van der Waals surface area contributed by atoms with Crippen molar-refractivity contribution in [2.75, 3.05) is 5.32 Å².